The standard InChI is InChI=1S/C13H19N3O2/c1-16(2)9-5-8-14-13(18)11-6-3-4-7-12(11)15-10-17/h3-4,6-7,10H,5,8-9H2,1-2H3,(H,14,18)(H,15,17). The molecule has 0 radical (unpaired) electrons. The highest BCUT2D eigenvalue weighted by atomic mass is 16.1. The number of nitrogens with one attached hydrogen (secondary N) is 2. The predicted octanol–water partition coefficient (Wildman–Crippen LogP) is 0.936. The minimum absolute atomic E-state index is 0.168. The molecule has 2 N–H and O–H groups in total. The molecule has 0 aromatic heterocycles. The summed E-state index contributed by atoms with van der Waals surface area (Å²) in [6.45, 7) is 1.54. The van der Waals surface area contributed by atoms with Gasteiger partial charge in [0.25, 0.3) is 5.91 Å². The number of benzene rings is 1. The number of anilines is 1. The molecule has 1 rings (SSSR count). The predicted molar refractivity (Wildman–Crippen MR) is 71.6 cm³/mol. The summed E-state index contributed by atoms with van der Waals surface area (Å²) < 4.78 is 0. The van der Waals surface area contributed by atoms with Gasteiger partial charge in [0, 0.05) is 6.54 Å². The van der Waals surface area contributed by atoms with Gasteiger partial charge in [-0.1, -0.05) is 12.1 Å². The van der Waals surface area contributed by atoms with Crippen LogP contribution in [-0.4, -0.2) is 44.4 Å². The molecule has 0 aliphatic carbocycles. The summed E-state index contributed by atoms with van der Waals surface area (Å²) in [6.07, 6.45) is 1.46. The maximum Gasteiger partial charge on any atom is 0.253 e. The molecule has 0 saturated heterocycles. The molecule has 0 spiro atoms. The molecule has 0 fully saturated rings. The van der Waals surface area contributed by atoms with Crippen molar-refractivity contribution in [2.75, 3.05) is 32.5 Å². The Morgan fingerprint density at radius 2 is 2.06 bits per heavy atom. The first-order chi connectivity index (χ1) is 8.65. The zero-order valence-electron chi connectivity index (χ0n) is 10.8. The maximum absolute atomic E-state index is 11.9. The van der Waals surface area contributed by atoms with Gasteiger partial charge >= 0.3 is 0 Å². The fourth-order valence-electron chi connectivity index (χ4n) is 1.56. The van der Waals surface area contributed by atoms with Crippen molar-refractivity contribution >= 4 is 18.0 Å². The smallest absolute Gasteiger partial charge is 0.253 e. The molecule has 0 aliphatic rings. The molecule has 0 aliphatic heterocycles. The molecule has 0 heterocycles. The van der Waals surface area contributed by atoms with E-state index in [4.69, 9.17) is 0 Å². The third-order valence-electron chi connectivity index (χ3n) is 2.45. The number of hydrogen-bond acceptors (Lipinski definition) is 3. The van der Waals surface area contributed by atoms with Gasteiger partial charge in [0.05, 0.1) is 11.3 Å². The minimum Gasteiger partial charge on any atom is -0.352 e. The van der Waals surface area contributed by atoms with Crippen LogP contribution in [0.2, 0.25) is 0 Å². The second-order valence-electron chi connectivity index (χ2n) is 4.22. The summed E-state index contributed by atoms with van der Waals surface area (Å²) in [5.41, 5.74) is 1.01. The van der Waals surface area contributed by atoms with Crippen LogP contribution in [0.4, 0.5) is 5.69 Å². The van der Waals surface area contributed by atoms with E-state index in [0.717, 1.165) is 13.0 Å². The van der Waals surface area contributed by atoms with Gasteiger partial charge in [0.1, 0.15) is 0 Å². The van der Waals surface area contributed by atoms with E-state index in [1.54, 1.807) is 24.3 Å². The molecule has 5 nitrogen and oxygen atoms in total. The van der Waals surface area contributed by atoms with Gasteiger partial charge in [-0.05, 0) is 39.2 Å². The average molecular weight is 249 g/mol. The molecule has 18 heavy (non-hydrogen) atoms. The first-order valence-corrected chi connectivity index (χ1v) is 5.87. The van der Waals surface area contributed by atoms with Crippen LogP contribution in [0, 0.1) is 0 Å². The zero-order valence-corrected chi connectivity index (χ0v) is 10.8. The Hall–Kier alpha value is -1.88. The lowest BCUT2D eigenvalue weighted by molar-refractivity contribution is -0.105. The number of carbonyl (C=O) groups is 2. The first kappa shape index (κ1) is 14.2. The normalized spacial score (nSPS) is 10.2. The molecular formula is C13H19N3O2. The largest absolute Gasteiger partial charge is 0.352 e. The summed E-state index contributed by atoms with van der Waals surface area (Å²) >= 11 is 0. The number of rotatable bonds is 7. The van der Waals surface area contributed by atoms with Crippen LogP contribution in [0.5, 0.6) is 0 Å². The molecule has 2 amide bonds. The fraction of sp³-hybridized carbons (Fsp3) is 0.385. The van der Waals surface area contributed by atoms with Crippen LogP contribution >= 0.6 is 0 Å². The molecule has 0 atom stereocenters. The number of hydrogen-bond donors (Lipinski definition) is 2. The van der Waals surface area contributed by atoms with Crippen LogP contribution in [0.15, 0.2) is 24.3 Å². The lowest BCUT2D eigenvalue weighted by atomic mass is 10.1. The van der Waals surface area contributed by atoms with Crippen molar-refractivity contribution in [3.05, 3.63) is 29.8 Å². The number of carbonyl (C=O) groups excluding carboxylic acids is 2. The van der Waals surface area contributed by atoms with E-state index in [9.17, 15) is 9.59 Å². The lowest BCUT2D eigenvalue weighted by Crippen LogP contribution is -2.27. The Morgan fingerprint density at radius 3 is 2.72 bits per heavy atom. The molecule has 0 bridgehead atoms. The van der Waals surface area contributed by atoms with Crippen molar-refractivity contribution in [3.8, 4) is 0 Å². The van der Waals surface area contributed by atoms with Crippen molar-refractivity contribution in [3.63, 3.8) is 0 Å². The molecule has 1 aromatic rings. The third-order valence-corrected chi connectivity index (χ3v) is 2.45. The van der Waals surface area contributed by atoms with Gasteiger partial charge in [-0.2, -0.15) is 0 Å². The van der Waals surface area contributed by atoms with Crippen molar-refractivity contribution in [1.29, 1.82) is 0 Å². The van der Waals surface area contributed by atoms with E-state index in [0.29, 0.717) is 24.2 Å². The zero-order chi connectivity index (χ0) is 13.4. The Labute approximate surface area is 107 Å². The number of amides is 2. The monoisotopic (exact) mass is 249 g/mol. The van der Waals surface area contributed by atoms with Crippen LogP contribution < -0.4 is 10.6 Å². The molecule has 98 valence electrons. The summed E-state index contributed by atoms with van der Waals surface area (Å²) in [5.74, 6) is -0.168. The lowest BCUT2D eigenvalue weighted by Gasteiger charge is -2.11. The number of nitrogens with zero attached hydrogens (tertiary/aromatic N) is 1. The van der Waals surface area contributed by atoms with Crippen molar-refractivity contribution < 1.29 is 9.59 Å². The Kier molecular flexibility index (Phi) is 5.87. The third kappa shape index (κ3) is 4.55. The van der Waals surface area contributed by atoms with Crippen molar-refractivity contribution in [2.24, 2.45) is 0 Å². The van der Waals surface area contributed by atoms with Gasteiger partial charge in [0.2, 0.25) is 6.41 Å². The Morgan fingerprint density at radius 1 is 1.33 bits per heavy atom. The summed E-state index contributed by atoms with van der Waals surface area (Å²) in [4.78, 5) is 24.4. The fourth-order valence-corrected chi connectivity index (χ4v) is 1.56. The molecule has 0 unspecified atom stereocenters. The van der Waals surface area contributed by atoms with E-state index in [2.05, 4.69) is 15.5 Å². The number of para-hydroxylation sites is 1. The Balaban J connectivity index is 2.53. The minimum atomic E-state index is -0.168. The summed E-state index contributed by atoms with van der Waals surface area (Å²) in [6, 6.07) is 6.93. The van der Waals surface area contributed by atoms with Gasteiger partial charge < -0.3 is 15.5 Å². The second kappa shape index (κ2) is 7.45. The molecule has 0 saturated carbocycles. The SMILES string of the molecule is CN(C)CCCNC(=O)c1ccccc1NC=O. The van der Waals surface area contributed by atoms with Crippen molar-refractivity contribution in [1.82, 2.24) is 10.2 Å². The highest BCUT2D eigenvalue weighted by Gasteiger charge is 2.09. The molecular weight excluding hydrogens is 230 g/mol. The van der Waals surface area contributed by atoms with E-state index in [1.165, 1.54) is 0 Å². The quantitative estimate of drug-likeness (QED) is 0.558. The second-order valence-corrected chi connectivity index (χ2v) is 4.22. The highest BCUT2D eigenvalue weighted by Crippen LogP contribution is 2.13. The van der Waals surface area contributed by atoms with E-state index in [1.807, 2.05) is 14.1 Å². The van der Waals surface area contributed by atoms with Crippen LogP contribution in [0.25, 0.3) is 0 Å². The summed E-state index contributed by atoms with van der Waals surface area (Å²) in [7, 11) is 3.98. The summed E-state index contributed by atoms with van der Waals surface area (Å²) in [5, 5.41) is 5.35. The van der Waals surface area contributed by atoms with Crippen molar-refractivity contribution in [2.45, 2.75) is 6.42 Å². The van der Waals surface area contributed by atoms with Crippen LogP contribution in [-0.2, 0) is 4.79 Å². The van der Waals surface area contributed by atoms with Gasteiger partial charge in [0.15, 0.2) is 0 Å². The Bertz CT molecular complexity index is 405. The van der Waals surface area contributed by atoms with Crippen LogP contribution in [0.1, 0.15) is 16.8 Å². The topological polar surface area (TPSA) is 61.4 Å². The molecule has 5 heteroatoms. The van der Waals surface area contributed by atoms with Gasteiger partial charge in [-0.3, -0.25) is 9.59 Å². The molecule has 1 aromatic carbocycles. The van der Waals surface area contributed by atoms with E-state index in [-0.39, 0.29) is 5.91 Å². The average Bonchev–Trinajstić information content (AvgIpc) is 2.35. The van der Waals surface area contributed by atoms with E-state index < -0.39 is 0 Å². The van der Waals surface area contributed by atoms with Gasteiger partial charge in [-0.15, -0.1) is 0 Å². The highest BCUT2D eigenvalue weighted by molar-refractivity contribution is 6.01. The first-order valence-electron chi connectivity index (χ1n) is 5.87. The van der Waals surface area contributed by atoms with Crippen LogP contribution in [0.3, 0.4) is 0 Å². The van der Waals surface area contributed by atoms with Gasteiger partial charge in [-0.25, -0.2) is 0 Å². The van der Waals surface area contributed by atoms with E-state index >= 15 is 0 Å². The maximum atomic E-state index is 11.9.